The Bertz CT molecular complexity index is 1510. The Hall–Kier alpha value is -3.07. The number of amides is 2. The van der Waals surface area contributed by atoms with Crippen LogP contribution in [0.1, 0.15) is 49.3 Å². The minimum Gasteiger partial charge on any atom is -0.352 e. The van der Waals surface area contributed by atoms with Crippen molar-refractivity contribution in [2.45, 2.75) is 70.0 Å². The van der Waals surface area contributed by atoms with Gasteiger partial charge in [-0.25, -0.2) is 8.42 Å². The third kappa shape index (κ3) is 7.42. The largest absolute Gasteiger partial charge is 0.352 e. The lowest BCUT2D eigenvalue weighted by Crippen LogP contribution is -2.52. The molecule has 1 aliphatic rings. The molecule has 1 aliphatic carbocycles. The quantitative estimate of drug-likeness (QED) is 0.291. The molecule has 41 heavy (non-hydrogen) atoms. The number of hydrogen-bond donors (Lipinski definition) is 1. The van der Waals surface area contributed by atoms with E-state index in [4.69, 9.17) is 23.2 Å². The van der Waals surface area contributed by atoms with Crippen molar-refractivity contribution < 1.29 is 18.0 Å². The first-order valence-corrected chi connectivity index (χ1v) is 15.9. The Morgan fingerprint density at radius 3 is 2.29 bits per heavy atom. The van der Waals surface area contributed by atoms with E-state index in [0.29, 0.717) is 26.9 Å². The van der Waals surface area contributed by atoms with Crippen LogP contribution in [0, 0.1) is 13.8 Å². The summed E-state index contributed by atoms with van der Waals surface area (Å²) in [5, 5.41) is 3.85. The van der Waals surface area contributed by atoms with Crippen LogP contribution >= 0.6 is 23.2 Å². The lowest BCUT2D eigenvalue weighted by molar-refractivity contribution is -0.139. The van der Waals surface area contributed by atoms with Gasteiger partial charge in [0.1, 0.15) is 12.6 Å². The van der Waals surface area contributed by atoms with Gasteiger partial charge in [0.15, 0.2) is 0 Å². The number of aryl methyl sites for hydroxylation is 2. The smallest absolute Gasteiger partial charge is 0.264 e. The number of carbonyl (C=O) groups excluding carboxylic acids is 2. The number of benzene rings is 3. The van der Waals surface area contributed by atoms with E-state index < -0.39 is 28.5 Å². The summed E-state index contributed by atoms with van der Waals surface area (Å²) in [6.45, 7) is 4.87. The first-order valence-electron chi connectivity index (χ1n) is 13.7. The van der Waals surface area contributed by atoms with Gasteiger partial charge in [0.05, 0.1) is 10.6 Å². The van der Waals surface area contributed by atoms with E-state index in [1.807, 2.05) is 26.0 Å². The maximum absolute atomic E-state index is 14.1. The van der Waals surface area contributed by atoms with Crippen molar-refractivity contribution in [2.75, 3.05) is 10.8 Å². The molecule has 1 saturated carbocycles. The van der Waals surface area contributed by atoms with Gasteiger partial charge in [-0.15, -0.1) is 0 Å². The summed E-state index contributed by atoms with van der Waals surface area (Å²) in [5.41, 5.74) is 2.65. The van der Waals surface area contributed by atoms with E-state index >= 15 is 0 Å². The number of halogens is 2. The van der Waals surface area contributed by atoms with Crippen molar-refractivity contribution in [1.29, 1.82) is 0 Å². The third-order valence-corrected chi connectivity index (χ3v) is 9.82. The molecule has 218 valence electrons. The first kappa shape index (κ1) is 30.9. The number of sulfonamides is 1. The molecule has 0 spiro atoms. The van der Waals surface area contributed by atoms with Crippen LogP contribution in [0.4, 0.5) is 5.69 Å². The van der Waals surface area contributed by atoms with Gasteiger partial charge in [-0.3, -0.25) is 13.9 Å². The zero-order valence-corrected chi connectivity index (χ0v) is 25.8. The minimum atomic E-state index is -4.13. The normalized spacial score (nSPS) is 14.5. The second-order valence-electron chi connectivity index (χ2n) is 10.5. The number of anilines is 1. The Morgan fingerprint density at radius 1 is 0.976 bits per heavy atom. The van der Waals surface area contributed by atoms with E-state index in [1.165, 1.54) is 17.0 Å². The molecule has 1 atom stereocenters. The topological polar surface area (TPSA) is 86.8 Å². The van der Waals surface area contributed by atoms with E-state index in [1.54, 1.807) is 49.4 Å². The number of carbonyl (C=O) groups is 2. The molecule has 0 radical (unpaired) electrons. The molecular formula is C31H35Cl2N3O4S. The highest BCUT2D eigenvalue weighted by molar-refractivity contribution is 7.92. The van der Waals surface area contributed by atoms with Crippen LogP contribution in [0.5, 0.6) is 0 Å². The van der Waals surface area contributed by atoms with E-state index in [-0.39, 0.29) is 23.4 Å². The summed E-state index contributed by atoms with van der Waals surface area (Å²) >= 11 is 12.6. The molecule has 4 rings (SSSR count). The standard InChI is InChI=1S/C31H35Cl2N3O4S/c1-21-13-16-29(22(2)17-21)36(41(39,40)27-11-5-4-6-12-27)20-30(37)35(19-24-14-15-25(32)18-28(24)33)23(3)31(38)34-26-9-7-8-10-26/h4-6,11-18,23,26H,7-10,19-20H2,1-3H3,(H,34,38)/t23-/m1/s1. The molecule has 0 saturated heterocycles. The Kier molecular flexibility index (Phi) is 10.00. The lowest BCUT2D eigenvalue weighted by atomic mass is 10.1. The van der Waals surface area contributed by atoms with Gasteiger partial charge >= 0.3 is 0 Å². The molecule has 0 heterocycles. The first-order chi connectivity index (χ1) is 19.5. The zero-order chi connectivity index (χ0) is 29.7. The van der Waals surface area contributed by atoms with Gasteiger partial charge < -0.3 is 10.2 Å². The van der Waals surface area contributed by atoms with Gasteiger partial charge in [-0.2, -0.15) is 0 Å². The van der Waals surface area contributed by atoms with Crippen molar-refractivity contribution in [2.24, 2.45) is 0 Å². The summed E-state index contributed by atoms with van der Waals surface area (Å²) in [7, 11) is -4.13. The predicted molar refractivity (Wildman–Crippen MR) is 164 cm³/mol. The second-order valence-corrected chi connectivity index (χ2v) is 13.2. The number of nitrogens with one attached hydrogen (secondary N) is 1. The Morgan fingerprint density at radius 2 is 1.66 bits per heavy atom. The molecule has 1 fully saturated rings. The van der Waals surface area contributed by atoms with Crippen molar-refractivity contribution >= 4 is 50.7 Å². The van der Waals surface area contributed by atoms with Crippen LogP contribution in [0.2, 0.25) is 10.0 Å². The molecule has 3 aromatic carbocycles. The molecule has 1 N–H and O–H groups in total. The highest BCUT2D eigenvalue weighted by Gasteiger charge is 2.34. The summed E-state index contributed by atoms with van der Waals surface area (Å²) in [5.74, 6) is -0.830. The van der Waals surface area contributed by atoms with Gasteiger partial charge in [-0.1, -0.05) is 78.0 Å². The van der Waals surface area contributed by atoms with Crippen molar-refractivity contribution in [3.05, 3.63) is 93.5 Å². The van der Waals surface area contributed by atoms with Crippen LogP contribution in [0.25, 0.3) is 0 Å². The third-order valence-electron chi connectivity index (χ3n) is 7.46. The van der Waals surface area contributed by atoms with Crippen LogP contribution in [-0.4, -0.2) is 43.8 Å². The molecule has 10 heteroatoms. The number of hydrogen-bond acceptors (Lipinski definition) is 4. The summed E-state index contributed by atoms with van der Waals surface area (Å²) in [6.07, 6.45) is 3.88. The molecule has 3 aromatic rings. The van der Waals surface area contributed by atoms with Gasteiger partial charge in [-0.05, 0) is 75.1 Å². The average molecular weight is 617 g/mol. The predicted octanol–water partition coefficient (Wildman–Crippen LogP) is 6.28. The zero-order valence-electron chi connectivity index (χ0n) is 23.4. The fourth-order valence-electron chi connectivity index (χ4n) is 5.13. The van der Waals surface area contributed by atoms with Crippen LogP contribution in [0.15, 0.2) is 71.6 Å². The Labute approximate surface area is 252 Å². The minimum absolute atomic E-state index is 0.000192. The van der Waals surface area contributed by atoms with E-state index in [2.05, 4.69) is 5.32 Å². The number of rotatable bonds is 10. The van der Waals surface area contributed by atoms with E-state index in [0.717, 1.165) is 35.6 Å². The summed E-state index contributed by atoms with van der Waals surface area (Å²) in [4.78, 5) is 28.9. The van der Waals surface area contributed by atoms with Gasteiger partial charge in [0, 0.05) is 22.6 Å². The van der Waals surface area contributed by atoms with Crippen molar-refractivity contribution in [3.63, 3.8) is 0 Å². The monoisotopic (exact) mass is 615 g/mol. The van der Waals surface area contributed by atoms with E-state index in [9.17, 15) is 18.0 Å². The molecule has 2 amide bonds. The lowest BCUT2D eigenvalue weighted by Gasteiger charge is -2.33. The van der Waals surface area contributed by atoms with Gasteiger partial charge in [0.2, 0.25) is 11.8 Å². The molecule has 7 nitrogen and oxygen atoms in total. The second kappa shape index (κ2) is 13.3. The molecular weight excluding hydrogens is 581 g/mol. The average Bonchev–Trinajstić information content (AvgIpc) is 3.44. The maximum atomic E-state index is 14.1. The Balaban J connectivity index is 1.72. The van der Waals surface area contributed by atoms with Crippen LogP contribution < -0.4 is 9.62 Å². The maximum Gasteiger partial charge on any atom is 0.264 e. The van der Waals surface area contributed by atoms with Crippen molar-refractivity contribution in [3.8, 4) is 0 Å². The van der Waals surface area contributed by atoms with Gasteiger partial charge in [0.25, 0.3) is 10.0 Å². The van der Waals surface area contributed by atoms with Crippen LogP contribution in [0.3, 0.4) is 0 Å². The highest BCUT2D eigenvalue weighted by atomic mass is 35.5. The highest BCUT2D eigenvalue weighted by Crippen LogP contribution is 2.29. The number of nitrogens with zero attached hydrogens (tertiary/aromatic N) is 2. The fraction of sp³-hybridized carbons (Fsp3) is 0.355. The summed E-state index contributed by atoms with van der Waals surface area (Å²) < 4.78 is 29.0. The molecule has 0 bridgehead atoms. The van der Waals surface area contributed by atoms with Crippen molar-refractivity contribution in [1.82, 2.24) is 10.2 Å². The summed E-state index contributed by atoms with van der Waals surface area (Å²) in [6, 6.07) is 17.5. The molecule has 0 aromatic heterocycles. The molecule has 0 unspecified atom stereocenters. The SMILES string of the molecule is Cc1ccc(N(CC(=O)N(Cc2ccc(Cl)cc2Cl)[C@H](C)C(=O)NC2CCCC2)S(=O)(=O)c2ccccc2)c(C)c1. The van der Waals surface area contributed by atoms with Crippen LogP contribution in [-0.2, 0) is 26.2 Å². The fourth-order valence-corrected chi connectivity index (χ4v) is 7.09. The molecule has 0 aliphatic heterocycles.